The van der Waals surface area contributed by atoms with Crippen LogP contribution in [0.3, 0.4) is 0 Å². The van der Waals surface area contributed by atoms with E-state index in [1.165, 1.54) is 41.4 Å². The van der Waals surface area contributed by atoms with Crippen LogP contribution in [0.4, 0.5) is 16.2 Å². The zero-order valence-corrected chi connectivity index (χ0v) is 39.2. The first-order chi connectivity index (χ1) is 32.7. The smallest absolute Gasteiger partial charge is 0.328 e. The molecule has 68 heavy (non-hydrogen) atoms. The van der Waals surface area contributed by atoms with Crippen molar-refractivity contribution in [2.24, 2.45) is 5.92 Å². The Kier molecular flexibility index (Phi) is 14.6. The van der Waals surface area contributed by atoms with Gasteiger partial charge < -0.3 is 34.3 Å². The molecule has 0 atom stereocenters. The average Bonchev–Trinajstić information content (AvgIpc) is 3.71. The molecular formula is C48H56N8O11S. The number of aryl methyl sites for hydroxylation is 1. The van der Waals surface area contributed by atoms with Gasteiger partial charge in [0.1, 0.15) is 17.2 Å². The van der Waals surface area contributed by atoms with Crippen LogP contribution in [0.15, 0.2) is 71.6 Å². The SMILES string of the molecule is COc1ccc(C(=O)N2CCC(CN3CCN(C(=O)COc4ccc(S(=O)(=O)N5CCOCC5)cc4NC(=O)c4[nH]c(C)c(C(C)=O)c4-c4ccccc4)CC3)CC2)cc1N1CCC(=O)NC1=O. The normalized spacial score (nSPS) is 17.7. The molecule has 0 aliphatic carbocycles. The van der Waals surface area contributed by atoms with E-state index in [1.807, 2.05) is 11.0 Å². The second kappa shape index (κ2) is 20.7. The van der Waals surface area contributed by atoms with E-state index in [0.29, 0.717) is 84.6 Å². The lowest BCUT2D eigenvalue weighted by atomic mass is 9.95. The molecule has 3 N–H and O–H groups in total. The highest BCUT2D eigenvalue weighted by molar-refractivity contribution is 7.89. The summed E-state index contributed by atoms with van der Waals surface area (Å²) >= 11 is 0. The Morgan fingerprint density at radius 3 is 2.22 bits per heavy atom. The second-order valence-electron chi connectivity index (χ2n) is 17.3. The van der Waals surface area contributed by atoms with Crippen LogP contribution in [0.25, 0.3) is 11.1 Å². The standard InChI is InChI=1S/C48H56N8O11S/c1-31-43(32(2)57)44(34-7-5-4-6-8-34)45(49-31)46(60)50-37-28-36(68(63,64)55-23-25-66-26-24-55)10-12-39(37)67-30-42(59)53-21-19-52(20-22-53)29-33-13-16-54(17-14-33)47(61)35-9-11-40(65-3)38(27-35)56-18-15-41(58)51-48(56)62/h4-12,27-28,33,49H,13-26,29-30H2,1-3H3,(H,50,60)(H,51,58,62). The molecule has 3 aromatic carbocycles. The van der Waals surface area contributed by atoms with Gasteiger partial charge in [-0.3, -0.25) is 39.1 Å². The number of morpholine rings is 1. The molecule has 1 aromatic heterocycles. The topological polar surface area (TPSA) is 220 Å². The van der Waals surface area contributed by atoms with Crippen molar-refractivity contribution >= 4 is 56.8 Å². The minimum atomic E-state index is -3.99. The number of piperidine rings is 1. The number of amides is 6. The van der Waals surface area contributed by atoms with Crippen molar-refractivity contribution in [3.05, 3.63) is 89.2 Å². The van der Waals surface area contributed by atoms with Crippen LogP contribution in [-0.2, 0) is 24.3 Å². The number of hydrogen-bond donors (Lipinski definition) is 3. The van der Waals surface area contributed by atoms with Gasteiger partial charge in [0.2, 0.25) is 15.9 Å². The number of nitrogens with zero attached hydrogens (tertiary/aromatic N) is 5. The Morgan fingerprint density at radius 2 is 1.54 bits per heavy atom. The highest BCUT2D eigenvalue weighted by Gasteiger charge is 2.32. The first-order valence-electron chi connectivity index (χ1n) is 22.8. The molecule has 4 aliphatic rings. The summed E-state index contributed by atoms with van der Waals surface area (Å²) in [7, 11) is -2.50. The largest absolute Gasteiger partial charge is 0.495 e. The van der Waals surface area contributed by atoms with Crippen molar-refractivity contribution in [1.29, 1.82) is 0 Å². The van der Waals surface area contributed by atoms with Gasteiger partial charge in [-0.25, -0.2) is 13.2 Å². The third-order valence-corrected chi connectivity index (χ3v) is 14.8. The molecule has 5 heterocycles. The number of imide groups is 1. The van der Waals surface area contributed by atoms with Crippen molar-refractivity contribution in [1.82, 2.24) is 29.3 Å². The molecule has 4 fully saturated rings. The number of carbonyl (C=O) groups excluding carboxylic acids is 6. The number of piperazine rings is 1. The van der Waals surface area contributed by atoms with E-state index < -0.39 is 22.0 Å². The van der Waals surface area contributed by atoms with Crippen LogP contribution in [0.2, 0.25) is 0 Å². The number of ketones is 1. The molecule has 8 rings (SSSR count). The number of aromatic nitrogens is 1. The van der Waals surface area contributed by atoms with Crippen LogP contribution in [0.1, 0.15) is 63.1 Å². The number of aromatic amines is 1. The summed E-state index contributed by atoms with van der Waals surface area (Å²) < 4.78 is 45.7. The molecule has 0 saturated carbocycles. The van der Waals surface area contributed by atoms with Crippen LogP contribution in [-0.4, -0.2) is 160 Å². The predicted octanol–water partition coefficient (Wildman–Crippen LogP) is 4.00. The number of urea groups is 1. The van der Waals surface area contributed by atoms with Gasteiger partial charge in [0, 0.05) is 94.3 Å². The number of sulfonamides is 1. The minimum Gasteiger partial charge on any atom is -0.495 e. The first-order valence-corrected chi connectivity index (χ1v) is 24.2. The summed E-state index contributed by atoms with van der Waals surface area (Å²) in [6.07, 6.45) is 1.75. The molecule has 0 unspecified atom stereocenters. The fraction of sp³-hybridized carbons (Fsp3) is 0.417. The maximum Gasteiger partial charge on any atom is 0.328 e. The number of hydrogen-bond acceptors (Lipinski definition) is 12. The average molecular weight is 953 g/mol. The summed E-state index contributed by atoms with van der Waals surface area (Å²) in [6, 6.07) is 17.6. The number of H-pyrrole nitrogens is 1. The number of likely N-dealkylation sites (tertiary alicyclic amines) is 1. The number of ether oxygens (including phenoxy) is 3. The van der Waals surface area contributed by atoms with Crippen molar-refractivity contribution in [3.63, 3.8) is 0 Å². The summed E-state index contributed by atoms with van der Waals surface area (Å²) in [5.41, 5.74) is 2.90. The van der Waals surface area contributed by atoms with Gasteiger partial charge in [0.05, 0.1) is 36.6 Å². The molecule has 4 aromatic rings. The van der Waals surface area contributed by atoms with Crippen molar-refractivity contribution < 1.29 is 51.4 Å². The van der Waals surface area contributed by atoms with Crippen molar-refractivity contribution in [3.8, 4) is 22.6 Å². The highest BCUT2D eigenvalue weighted by atomic mass is 32.2. The van der Waals surface area contributed by atoms with Crippen molar-refractivity contribution in [2.45, 2.75) is 38.0 Å². The van der Waals surface area contributed by atoms with Crippen molar-refractivity contribution in [2.75, 3.05) is 103 Å². The lowest BCUT2D eigenvalue weighted by molar-refractivity contribution is -0.135. The Labute approximate surface area is 394 Å². The van der Waals surface area contributed by atoms with Gasteiger partial charge in [-0.15, -0.1) is 0 Å². The van der Waals surface area contributed by atoms with Crippen LogP contribution in [0, 0.1) is 12.8 Å². The zero-order chi connectivity index (χ0) is 48.1. The fourth-order valence-electron chi connectivity index (χ4n) is 9.25. The number of nitrogens with one attached hydrogen (secondary N) is 3. The lowest BCUT2D eigenvalue weighted by Gasteiger charge is -2.39. The molecule has 20 heteroatoms. The molecule has 360 valence electrons. The third-order valence-electron chi connectivity index (χ3n) is 12.9. The Balaban J connectivity index is 0.880. The molecule has 0 spiro atoms. The van der Waals surface area contributed by atoms with Gasteiger partial charge in [-0.05, 0) is 74.6 Å². The van der Waals surface area contributed by atoms with E-state index in [9.17, 15) is 37.2 Å². The van der Waals surface area contributed by atoms with Gasteiger partial charge in [0.25, 0.3) is 17.7 Å². The second-order valence-corrected chi connectivity index (χ2v) is 19.2. The maximum atomic E-state index is 14.2. The van der Waals surface area contributed by atoms with Crippen LogP contribution < -0.4 is 25.0 Å². The summed E-state index contributed by atoms with van der Waals surface area (Å²) in [4.78, 5) is 88.8. The summed E-state index contributed by atoms with van der Waals surface area (Å²) in [6.45, 7) is 7.97. The van der Waals surface area contributed by atoms with Gasteiger partial charge in [0.15, 0.2) is 12.4 Å². The van der Waals surface area contributed by atoms with E-state index in [4.69, 9.17) is 14.2 Å². The lowest BCUT2D eigenvalue weighted by Crippen LogP contribution is -2.51. The highest BCUT2D eigenvalue weighted by Crippen LogP contribution is 2.35. The number of benzene rings is 3. The molecule has 4 aliphatic heterocycles. The van der Waals surface area contributed by atoms with Gasteiger partial charge >= 0.3 is 6.03 Å². The quantitative estimate of drug-likeness (QED) is 0.153. The molecule has 0 radical (unpaired) electrons. The minimum absolute atomic E-state index is 0.0318. The van der Waals surface area contributed by atoms with E-state index in [1.54, 1.807) is 54.3 Å². The van der Waals surface area contributed by atoms with E-state index >= 15 is 0 Å². The number of methoxy groups -OCH3 is 1. The Bertz CT molecular complexity index is 2690. The van der Waals surface area contributed by atoms with E-state index in [-0.39, 0.29) is 91.4 Å². The Morgan fingerprint density at radius 1 is 0.838 bits per heavy atom. The number of Topliss-reactive ketones (excluding diaryl/α,β-unsaturated/α-hetero) is 1. The number of rotatable bonds is 14. The number of carbonyl (C=O) groups is 6. The first kappa shape index (κ1) is 47.9. The van der Waals surface area contributed by atoms with E-state index in [2.05, 4.69) is 20.5 Å². The van der Waals surface area contributed by atoms with Gasteiger partial charge in [-0.1, -0.05) is 30.3 Å². The summed E-state index contributed by atoms with van der Waals surface area (Å²) in [5, 5.41) is 5.13. The maximum absolute atomic E-state index is 14.2. The molecule has 19 nitrogen and oxygen atoms in total. The summed E-state index contributed by atoms with van der Waals surface area (Å²) in [5.74, 6) is -0.776. The molecular weight excluding hydrogens is 897 g/mol. The van der Waals surface area contributed by atoms with Crippen LogP contribution in [0.5, 0.6) is 11.5 Å². The van der Waals surface area contributed by atoms with Crippen LogP contribution >= 0.6 is 0 Å². The van der Waals surface area contributed by atoms with Gasteiger partial charge in [-0.2, -0.15) is 4.31 Å². The molecule has 0 bridgehead atoms. The fourth-order valence-corrected chi connectivity index (χ4v) is 10.7. The zero-order valence-electron chi connectivity index (χ0n) is 38.4. The monoisotopic (exact) mass is 952 g/mol. The third kappa shape index (κ3) is 10.4. The molecule has 6 amide bonds. The predicted molar refractivity (Wildman–Crippen MR) is 251 cm³/mol. The van der Waals surface area contributed by atoms with E-state index in [0.717, 1.165) is 19.4 Å². The Hall–Kier alpha value is -6.61. The number of anilines is 2. The molecule has 4 saturated heterocycles.